The van der Waals surface area contributed by atoms with E-state index in [1.165, 1.54) is 5.56 Å². The molecule has 1 N–H and O–H groups in total. The Morgan fingerprint density at radius 3 is 2.79 bits per heavy atom. The minimum Gasteiger partial charge on any atom is -0.489 e. The summed E-state index contributed by atoms with van der Waals surface area (Å²) >= 11 is 0. The fourth-order valence-electron chi connectivity index (χ4n) is 2.32. The number of ether oxygens (including phenoxy) is 1. The Bertz CT molecular complexity index is 679. The monoisotopic (exact) mass is 323 g/mol. The Balaban J connectivity index is 1.85. The van der Waals surface area contributed by atoms with Crippen LogP contribution in [0.5, 0.6) is 5.75 Å². The van der Waals surface area contributed by atoms with E-state index in [0.717, 1.165) is 37.5 Å². The van der Waals surface area contributed by atoms with Crippen LogP contribution in [0.4, 0.5) is 0 Å². The van der Waals surface area contributed by atoms with Gasteiger partial charge in [0.1, 0.15) is 12.4 Å². The lowest BCUT2D eigenvalue weighted by molar-refractivity contribution is 0.305. The van der Waals surface area contributed by atoms with Crippen molar-refractivity contribution in [2.45, 2.75) is 20.1 Å². The van der Waals surface area contributed by atoms with E-state index in [1.807, 2.05) is 42.5 Å². The molecule has 2 aromatic carbocycles. The number of rotatable bonds is 9. The SMILES string of the molecule is CCN(C)CCNCc1cccc(OCc2ccccc2C#N)c1. The molecule has 0 saturated carbocycles. The smallest absolute Gasteiger partial charge is 0.120 e. The molecule has 2 aromatic rings. The zero-order valence-electron chi connectivity index (χ0n) is 14.5. The van der Waals surface area contributed by atoms with Gasteiger partial charge in [-0.2, -0.15) is 5.26 Å². The summed E-state index contributed by atoms with van der Waals surface area (Å²) in [5.74, 6) is 0.827. The van der Waals surface area contributed by atoms with Gasteiger partial charge in [-0.05, 0) is 37.4 Å². The van der Waals surface area contributed by atoms with Crippen LogP contribution >= 0.6 is 0 Å². The Hall–Kier alpha value is -2.35. The summed E-state index contributed by atoms with van der Waals surface area (Å²) in [6.07, 6.45) is 0. The highest BCUT2D eigenvalue weighted by Crippen LogP contribution is 2.16. The van der Waals surface area contributed by atoms with Crippen molar-refractivity contribution < 1.29 is 4.74 Å². The largest absolute Gasteiger partial charge is 0.489 e. The molecule has 0 aromatic heterocycles. The molecule has 0 radical (unpaired) electrons. The second-order valence-electron chi connectivity index (χ2n) is 5.78. The first-order valence-electron chi connectivity index (χ1n) is 8.32. The van der Waals surface area contributed by atoms with Gasteiger partial charge in [-0.3, -0.25) is 0 Å². The van der Waals surface area contributed by atoms with Crippen molar-refractivity contribution >= 4 is 0 Å². The molecule has 4 nitrogen and oxygen atoms in total. The molecule has 0 bridgehead atoms. The number of nitrogens with one attached hydrogen (secondary N) is 1. The lowest BCUT2D eigenvalue weighted by atomic mass is 10.1. The van der Waals surface area contributed by atoms with Crippen LogP contribution in [0.25, 0.3) is 0 Å². The first-order valence-corrected chi connectivity index (χ1v) is 8.32. The van der Waals surface area contributed by atoms with E-state index in [0.29, 0.717) is 12.2 Å². The summed E-state index contributed by atoms with van der Waals surface area (Å²) in [4.78, 5) is 2.28. The molecule has 2 rings (SSSR count). The van der Waals surface area contributed by atoms with Crippen molar-refractivity contribution in [2.24, 2.45) is 0 Å². The minimum absolute atomic E-state index is 0.405. The lowest BCUT2D eigenvalue weighted by Gasteiger charge is -2.14. The summed E-state index contributed by atoms with van der Waals surface area (Å²) < 4.78 is 5.85. The molecule has 0 aliphatic heterocycles. The standard InChI is InChI=1S/C20H25N3O/c1-3-23(2)12-11-22-15-17-7-6-10-20(13-17)24-16-19-9-5-4-8-18(19)14-21/h4-10,13,22H,3,11-12,15-16H2,1-2H3. The zero-order valence-corrected chi connectivity index (χ0v) is 14.5. The lowest BCUT2D eigenvalue weighted by Crippen LogP contribution is -2.28. The predicted molar refractivity (Wildman–Crippen MR) is 96.8 cm³/mol. The van der Waals surface area contributed by atoms with Crippen LogP contribution in [0.1, 0.15) is 23.6 Å². The van der Waals surface area contributed by atoms with Crippen molar-refractivity contribution in [2.75, 3.05) is 26.7 Å². The molecule has 0 fully saturated rings. The van der Waals surface area contributed by atoms with Gasteiger partial charge in [0.15, 0.2) is 0 Å². The molecule has 0 saturated heterocycles. The van der Waals surface area contributed by atoms with E-state index < -0.39 is 0 Å². The predicted octanol–water partition coefficient (Wildman–Crippen LogP) is 3.18. The Morgan fingerprint density at radius 1 is 1.17 bits per heavy atom. The van der Waals surface area contributed by atoms with Crippen LogP contribution in [-0.4, -0.2) is 31.6 Å². The normalized spacial score (nSPS) is 10.6. The van der Waals surface area contributed by atoms with Crippen LogP contribution < -0.4 is 10.1 Å². The molecule has 0 heterocycles. The van der Waals surface area contributed by atoms with Crippen LogP contribution in [0, 0.1) is 11.3 Å². The second-order valence-corrected chi connectivity index (χ2v) is 5.78. The minimum atomic E-state index is 0.405. The number of nitrogens with zero attached hydrogens (tertiary/aromatic N) is 2. The molecule has 126 valence electrons. The summed E-state index contributed by atoms with van der Waals surface area (Å²) in [5.41, 5.74) is 2.77. The molecular weight excluding hydrogens is 298 g/mol. The number of hydrogen-bond acceptors (Lipinski definition) is 4. The summed E-state index contributed by atoms with van der Waals surface area (Å²) in [6.45, 7) is 6.45. The van der Waals surface area contributed by atoms with Gasteiger partial charge in [0.25, 0.3) is 0 Å². The summed E-state index contributed by atoms with van der Waals surface area (Å²) in [5, 5.41) is 12.6. The molecule has 0 unspecified atom stereocenters. The van der Waals surface area contributed by atoms with E-state index in [9.17, 15) is 0 Å². The first kappa shape index (κ1) is 18.0. The first-order chi connectivity index (χ1) is 11.7. The highest BCUT2D eigenvalue weighted by Gasteiger charge is 2.03. The third kappa shape index (κ3) is 5.69. The van der Waals surface area contributed by atoms with Gasteiger partial charge in [-0.25, -0.2) is 0 Å². The molecule has 0 amide bonds. The van der Waals surface area contributed by atoms with Crippen molar-refractivity contribution in [1.82, 2.24) is 10.2 Å². The van der Waals surface area contributed by atoms with E-state index in [2.05, 4.69) is 36.3 Å². The Labute approximate surface area is 144 Å². The molecule has 0 spiro atoms. The van der Waals surface area contributed by atoms with Crippen LogP contribution in [0.2, 0.25) is 0 Å². The van der Waals surface area contributed by atoms with Gasteiger partial charge in [-0.1, -0.05) is 37.3 Å². The zero-order chi connectivity index (χ0) is 17.2. The van der Waals surface area contributed by atoms with Gasteiger partial charge in [0, 0.05) is 25.2 Å². The van der Waals surface area contributed by atoms with E-state index >= 15 is 0 Å². The van der Waals surface area contributed by atoms with Crippen molar-refractivity contribution in [1.29, 1.82) is 5.26 Å². The fourth-order valence-corrected chi connectivity index (χ4v) is 2.32. The van der Waals surface area contributed by atoms with Crippen LogP contribution in [-0.2, 0) is 13.2 Å². The molecule has 0 aliphatic carbocycles. The highest BCUT2D eigenvalue weighted by atomic mass is 16.5. The molecule has 24 heavy (non-hydrogen) atoms. The quantitative estimate of drug-likeness (QED) is 0.720. The third-order valence-corrected chi connectivity index (χ3v) is 3.97. The van der Waals surface area contributed by atoms with Gasteiger partial charge in [0.05, 0.1) is 11.6 Å². The Kier molecular flexibility index (Phi) is 7.28. The maximum atomic E-state index is 9.12. The van der Waals surface area contributed by atoms with Crippen molar-refractivity contribution in [3.63, 3.8) is 0 Å². The van der Waals surface area contributed by atoms with Crippen molar-refractivity contribution in [3.05, 3.63) is 65.2 Å². The highest BCUT2D eigenvalue weighted by molar-refractivity contribution is 5.37. The van der Waals surface area contributed by atoms with E-state index in [1.54, 1.807) is 0 Å². The summed E-state index contributed by atoms with van der Waals surface area (Å²) in [6, 6.07) is 17.8. The van der Waals surface area contributed by atoms with Crippen molar-refractivity contribution in [3.8, 4) is 11.8 Å². The second kappa shape index (κ2) is 9.71. The third-order valence-electron chi connectivity index (χ3n) is 3.97. The number of benzene rings is 2. The van der Waals surface area contributed by atoms with E-state index in [4.69, 9.17) is 10.00 Å². The Morgan fingerprint density at radius 2 is 2.00 bits per heavy atom. The number of nitriles is 1. The van der Waals surface area contributed by atoms with Crippen LogP contribution in [0.15, 0.2) is 48.5 Å². The van der Waals surface area contributed by atoms with Gasteiger partial charge < -0.3 is 15.0 Å². The van der Waals surface area contributed by atoms with E-state index in [-0.39, 0.29) is 0 Å². The number of likely N-dealkylation sites (N-methyl/N-ethyl adjacent to an activating group) is 1. The molecule has 0 atom stereocenters. The average Bonchev–Trinajstić information content (AvgIpc) is 2.64. The summed E-state index contributed by atoms with van der Waals surface area (Å²) in [7, 11) is 2.12. The maximum absolute atomic E-state index is 9.12. The molecular formula is C20H25N3O. The molecule has 0 aliphatic rings. The van der Waals surface area contributed by atoms with Gasteiger partial charge >= 0.3 is 0 Å². The van der Waals surface area contributed by atoms with Gasteiger partial charge in [-0.15, -0.1) is 0 Å². The fraction of sp³-hybridized carbons (Fsp3) is 0.350. The number of hydrogen-bond donors (Lipinski definition) is 1. The molecule has 4 heteroatoms. The average molecular weight is 323 g/mol. The van der Waals surface area contributed by atoms with Gasteiger partial charge in [0.2, 0.25) is 0 Å². The van der Waals surface area contributed by atoms with Crippen LogP contribution in [0.3, 0.4) is 0 Å². The topological polar surface area (TPSA) is 48.3 Å². The maximum Gasteiger partial charge on any atom is 0.120 e.